The molecule has 0 amide bonds. The molecule has 1 unspecified atom stereocenters. The Kier molecular flexibility index (Phi) is 6.19. The van der Waals surface area contributed by atoms with E-state index in [2.05, 4.69) is 4.74 Å². The van der Waals surface area contributed by atoms with Gasteiger partial charge in [-0.05, 0) is 0 Å². The van der Waals surface area contributed by atoms with E-state index >= 15 is 0 Å². The Morgan fingerprint density at radius 3 is 2.50 bits per heavy atom. The maximum Gasteiger partial charge on any atom is 0.306 e. The first-order chi connectivity index (χ1) is 6.35. The molecule has 0 saturated carbocycles. The highest BCUT2D eigenvalue weighted by Crippen LogP contribution is 2.14. The van der Waals surface area contributed by atoms with Gasteiger partial charge in [0.15, 0.2) is 0 Å². The van der Waals surface area contributed by atoms with Crippen LogP contribution in [-0.2, 0) is 19.4 Å². The van der Waals surface area contributed by atoms with Gasteiger partial charge in [-0.1, -0.05) is 6.92 Å². The summed E-state index contributed by atoms with van der Waals surface area (Å²) in [5.74, 6) is 0.421. The van der Waals surface area contributed by atoms with E-state index in [1.807, 2.05) is 6.92 Å². The fourth-order valence-electron chi connectivity index (χ4n) is 0.778. The summed E-state index contributed by atoms with van der Waals surface area (Å²) in [7, 11) is -1.55. The van der Waals surface area contributed by atoms with Crippen LogP contribution in [0.1, 0.15) is 13.3 Å². The van der Waals surface area contributed by atoms with Gasteiger partial charge in [0.1, 0.15) is 9.84 Å². The molecule has 0 fully saturated rings. The minimum Gasteiger partial charge on any atom is -0.469 e. The van der Waals surface area contributed by atoms with Crippen molar-refractivity contribution >= 4 is 27.6 Å². The van der Waals surface area contributed by atoms with Gasteiger partial charge in [-0.25, -0.2) is 8.42 Å². The molecule has 0 aliphatic carbocycles. The topological polar surface area (TPSA) is 60.4 Å². The Labute approximate surface area is 89.3 Å². The zero-order valence-corrected chi connectivity index (χ0v) is 10.3. The molecule has 14 heavy (non-hydrogen) atoms. The highest BCUT2D eigenvalue weighted by molar-refractivity contribution is 8.01. The quantitative estimate of drug-likeness (QED) is 0.640. The number of esters is 1. The molecule has 0 heterocycles. The third-order valence-electron chi connectivity index (χ3n) is 1.54. The number of carbonyl (C=O) groups is 1. The van der Waals surface area contributed by atoms with E-state index in [0.717, 1.165) is 0 Å². The van der Waals surface area contributed by atoms with Crippen LogP contribution in [0.2, 0.25) is 0 Å². The van der Waals surface area contributed by atoms with Gasteiger partial charge in [-0.3, -0.25) is 4.79 Å². The van der Waals surface area contributed by atoms with E-state index in [1.54, 1.807) is 0 Å². The molecule has 0 spiro atoms. The van der Waals surface area contributed by atoms with Crippen molar-refractivity contribution in [1.29, 1.82) is 0 Å². The zero-order valence-electron chi connectivity index (χ0n) is 8.65. The molecule has 0 radical (unpaired) electrons. The van der Waals surface area contributed by atoms with Crippen molar-refractivity contribution in [2.75, 3.05) is 24.9 Å². The van der Waals surface area contributed by atoms with E-state index < -0.39 is 9.84 Å². The molecule has 4 nitrogen and oxygen atoms in total. The van der Waals surface area contributed by atoms with Crippen LogP contribution in [0.15, 0.2) is 0 Å². The van der Waals surface area contributed by atoms with Crippen LogP contribution in [0.25, 0.3) is 0 Å². The lowest BCUT2D eigenvalue weighted by atomic mass is 10.3. The van der Waals surface area contributed by atoms with Crippen LogP contribution < -0.4 is 0 Å². The third kappa shape index (κ3) is 8.37. The molecule has 0 N–H and O–H groups in total. The van der Waals surface area contributed by atoms with E-state index in [4.69, 9.17) is 0 Å². The highest BCUT2D eigenvalue weighted by Gasteiger charge is 2.10. The number of rotatable bonds is 6. The Hall–Kier alpha value is -0.230. The van der Waals surface area contributed by atoms with Gasteiger partial charge < -0.3 is 4.74 Å². The van der Waals surface area contributed by atoms with E-state index in [1.165, 1.54) is 25.1 Å². The molecule has 0 aliphatic rings. The molecular formula is C8H16O4S2. The van der Waals surface area contributed by atoms with Gasteiger partial charge in [-0.2, -0.15) is 11.8 Å². The summed E-state index contributed by atoms with van der Waals surface area (Å²) in [5, 5.41) is 0.101. The first-order valence-corrected chi connectivity index (χ1v) is 7.32. The highest BCUT2D eigenvalue weighted by atomic mass is 32.2. The number of carbonyl (C=O) groups excluding carboxylic acids is 1. The Morgan fingerprint density at radius 2 is 2.07 bits per heavy atom. The molecule has 0 aromatic rings. The van der Waals surface area contributed by atoms with Gasteiger partial charge in [0.2, 0.25) is 0 Å². The van der Waals surface area contributed by atoms with Crippen LogP contribution >= 0.6 is 11.8 Å². The SMILES string of the molecule is COC(=O)CC(C)SCCS(C)(=O)=O. The van der Waals surface area contributed by atoms with Gasteiger partial charge in [-0.15, -0.1) is 0 Å². The van der Waals surface area contributed by atoms with Crippen LogP contribution in [0.5, 0.6) is 0 Å². The minimum atomic E-state index is -2.89. The van der Waals surface area contributed by atoms with Gasteiger partial charge in [0.25, 0.3) is 0 Å². The fourth-order valence-corrected chi connectivity index (χ4v) is 3.03. The lowest BCUT2D eigenvalue weighted by Gasteiger charge is -2.08. The van der Waals surface area contributed by atoms with Crippen molar-refractivity contribution in [3.8, 4) is 0 Å². The second-order valence-corrected chi connectivity index (χ2v) is 6.90. The van der Waals surface area contributed by atoms with E-state index in [9.17, 15) is 13.2 Å². The summed E-state index contributed by atoms with van der Waals surface area (Å²) < 4.78 is 26.1. The molecule has 0 saturated heterocycles. The van der Waals surface area contributed by atoms with Crippen molar-refractivity contribution in [2.45, 2.75) is 18.6 Å². The van der Waals surface area contributed by atoms with Crippen molar-refractivity contribution in [1.82, 2.24) is 0 Å². The molecule has 0 bridgehead atoms. The maximum atomic E-state index is 10.8. The third-order valence-corrected chi connectivity index (χ3v) is 3.92. The molecule has 0 rings (SSSR count). The molecule has 0 aliphatic heterocycles. The smallest absolute Gasteiger partial charge is 0.306 e. The Morgan fingerprint density at radius 1 is 1.50 bits per heavy atom. The van der Waals surface area contributed by atoms with Crippen LogP contribution in [0.4, 0.5) is 0 Å². The van der Waals surface area contributed by atoms with Crippen molar-refractivity contribution in [3.63, 3.8) is 0 Å². The average molecular weight is 240 g/mol. The first-order valence-electron chi connectivity index (χ1n) is 4.21. The molecule has 1 atom stereocenters. The van der Waals surface area contributed by atoms with Crippen LogP contribution in [-0.4, -0.2) is 44.5 Å². The van der Waals surface area contributed by atoms with Crippen LogP contribution in [0, 0.1) is 0 Å². The van der Waals surface area contributed by atoms with Crippen molar-refractivity contribution in [2.24, 2.45) is 0 Å². The zero-order chi connectivity index (χ0) is 11.2. The maximum absolute atomic E-state index is 10.8. The van der Waals surface area contributed by atoms with E-state index in [0.29, 0.717) is 12.2 Å². The van der Waals surface area contributed by atoms with E-state index in [-0.39, 0.29) is 17.0 Å². The summed E-state index contributed by atoms with van der Waals surface area (Å²) >= 11 is 1.47. The predicted molar refractivity (Wildman–Crippen MR) is 58.3 cm³/mol. The second kappa shape index (κ2) is 6.29. The minimum absolute atomic E-state index is 0.101. The normalized spacial score (nSPS) is 13.6. The number of hydrogen-bond donors (Lipinski definition) is 0. The number of thioether (sulfide) groups is 1. The average Bonchev–Trinajstić information content (AvgIpc) is 2.01. The molecule has 0 aromatic carbocycles. The van der Waals surface area contributed by atoms with Gasteiger partial charge in [0, 0.05) is 17.3 Å². The Bertz CT molecular complexity index is 271. The summed E-state index contributed by atoms with van der Waals surface area (Å²) in [6.07, 6.45) is 1.53. The monoisotopic (exact) mass is 240 g/mol. The summed E-state index contributed by atoms with van der Waals surface area (Å²) in [4.78, 5) is 10.8. The summed E-state index contributed by atoms with van der Waals surface area (Å²) in [6.45, 7) is 1.88. The molecular weight excluding hydrogens is 224 g/mol. The first kappa shape index (κ1) is 13.8. The number of ether oxygens (including phenoxy) is 1. The van der Waals surface area contributed by atoms with Crippen molar-refractivity contribution in [3.05, 3.63) is 0 Å². The van der Waals surface area contributed by atoms with Gasteiger partial charge >= 0.3 is 5.97 Å². The van der Waals surface area contributed by atoms with Crippen molar-refractivity contribution < 1.29 is 17.9 Å². The fraction of sp³-hybridized carbons (Fsp3) is 0.875. The summed E-state index contributed by atoms with van der Waals surface area (Å²) in [5.41, 5.74) is 0. The largest absolute Gasteiger partial charge is 0.469 e. The lowest BCUT2D eigenvalue weighted by Crippen LogP contribution is -2.12. The standard InChI is InChI=1S/C8H16O4S2/c1-7(6-8(9)12-2)13-4-5-14(3,10)11/h7H,4-6H2,1-3H3. The van der Waals surface area contributed by atoms with Gasteiger partial charge in [0.05, 0.1) is 19.3 Å². The lowest BCUT2D eigenvalue weighted by molar-refractivity contribution is -0.140. The molecule has 84 valence electrons. The predicted octanol–water partition coefficient (Wildman–Crippen LogP) is 0.716. The second-order valence-electron chi connectivity index (χ2n) is 3.09. The number of hydrogen-bond acceptors (Lipinski definition) is 5. The van der Waals surface area contributed by atoms with Crippen LogP contribution in [0.3, 0.4) is 0 Å². The Balaban J connectivity index is 3.65. The number of methoxy groups -OCH3 is 1. The molecule has 6 heteroatoms. The summed E-state index contributed by atoms with van der Waals surface area (Å²) in [6, 6.07) is 0. The molecule has 0 aromatic heterocycles. The number of sulfone groups is 1.